The van der Waals surface area contributed by atoms with Crippen LogP contribution in [0.5, 0.6) is 0 Å². The van der Waals surface area contributed by atoms with Gasteiger partial charge in [-0.3, -0.25) is 37.9 Å². The van der Waals surface area contributed by atoms with Crippen LogP contribution in [0.25, 0.3) is 22.3 Å². The third-order valence-corrected chi connectivity index (χ3v) is 13.1. The summed E-state index contributed by atoms with van der Waals surface area (Å²) in [6.07, 6.45) is -10.3. The molecule has 7 N–H and O–H groups in total. The van der Waals surface area contributed by atoms with Gasteiger partial charge in [-0.15, -0.1) is 0 Å². The topological polar surface area (TPSA) is 334 Å². The molecular weight excluding hydrogens is 940 g/mol. The summed E-state index contributed by atoms with van der Waals surface area (Å²) in [4.78, 5) is 95.9. The Balaban J connectivity index is 0.972. The first kappa shape index (κ1) is 47.4. The number of amides is 3. The Kier molecular flexibility index (Phi) is 14.4. The van der Waals surface area contributed by atoms with Crippen LogP contribution >= 0.6 is 13.4 Å². The van der Waals surface area contributed by atoms with Crippen molar-refractivity contribution < 1.29 is 75.2 Å². The van der Waals surface area contributed by atoms with E-state index in [0.717, 1.165) is 23.5 Å². The number of nitrogens with one attached hydrogen (secondary N) is 2. The van der Waals surface area contributed by atoms with Crippen molar-refractivity contribution in [3.63, 3.8) is 0 Å². The second kappa shape index (κ2) is 19.5. The first-order valence-corrected chi connectivity index (χ1v) is 24.2. The molecule has 0 aliphatic carbocycles. The van der Waals surface area contributed by atoms with Crippen LogP contribution in [0.4, 0.5) is 25.2 Å². The number of nitrogen functional groups attached to an aromatic ring is 1. The molecule has 64 heavy (non-hydrogen) atoms. The molecule has 3 fully saturated rings. The molecule has 3 unspecified atom stereocenters. The normalized spacial score (nSPS) is 30.1. The highest BCUT2D eigenvalue weighted by Crippen LogP contribution is 2.54. The van der Waals surface area contributed by atoms with Crippen molar-refractivity contribution in [2.45, 2.75) is 69.0 Å². The molecule has 3 amide bonds. The molecule has 7 rings (SSSR count). The maximum absolute atomic E-state index is 16.5. The minimum Gasteiger partial charge on any atom is -0.481 e. The van der Waals surface area contributed by atoms with E-state index in [4.69, 9.17) is 66.8 Å². The Morgan fingerprint density at radius 3 is 2.05 bits per heavy atom. The predicted molar refractivity (Wildman–Crippen MR) is 219 cm³/mol. The van der Waals surface area contributed by atoms with E-state index in [1.807, 2.05) is 0 Å². The van der Waals surface area contributed by atoms with Crippen LogP contribution in [0, 0.1) is 5.92 Å². The fraction of sp³-hybridized carbons (Fsp3) is 0.562. The molecule has 0 bridgehead atoms. The van der Waals surface area contributed by atoms with Crippen molar-refractivity contribution >= 4 is 94.9 Å². The molecule has 0 radical (unpaired) electrons. The number of ether oxygens (including phenoxy) is 3. The van der Waals surface area contributed by atoms with Crippen LogP contribution in [0.2, 0.25) is 0 Å². The Hall–Kier alpha value is -4.58. The number of nitrogens with zero attached hydrogens (tertiary/aromatic N) is 9. The van der Waals surface area contributed by atoms with Gasteiger partial charge < -0.3 is 54.1 Å². The van der Waals surface area contributed by atoms with Gasteiger partial charge in [-0.25, -0.2) is 43.5 Å². The smallest absolute Gasteiger partial charge is 0.412 e. The van der Waals surface area contributed by atoms with Crippen LogP contribution in [0.3, 0.4) is 0 Å². The molecule has 32 heteroatoms. The molecule has 0 spiro atoms. The largest absolute Gasteiger partial charge is 0.481 e. The molecular formula is C32H40F2N12O14P2S2. The number of carboxylic acid groups (broad SMARTS) is 1. The first-order valence-electron chi connectivity index (χ1n) is 19.0. The van der Waals surface area contributed by atoms with Crippen molar-refractivity contribution in [1.29, 1.82) is 0 Å². The van der Waals surface area contributed by atoms with Crippen LogP contribution < -0.4 is 16.4 Å². The summed E-state index contributed by atoms with van der Waals surface area (Å²) in [5.74, 6) is -3.02. The van der Waals surface area contributed by atoms with E-state index >= 15 is 8.78 Å². The number of nitrogens with two attached hydrogens (primary N) is 1. The van der Waals surface area contributed by atoms with E-state index < -0.39 is 99.8 Å². The summed E-state index contributed by atoms with van der Waals surface area (Å²) >= 11 is 10.4. The highest BCUT2D eigenvalue weighted by Gasteiger charge is 2.54. The number of likely N-dealkylation sites (N-methyl/N-ethyl adjacent to an activating group) is 1. The molecule has 348 valence electrons. The lowest BCUT2D eigenvalue weighted by Crippen LogP contribution is -2.37. The van der Waals surface area contributed by atoms with Crippen molar-refractivity contribution in [3.05, 3.63) is 25.3 Å². The molecule has 26 nitrogen and oxygen atoms in total. The number of hydrogen-bond acceptors (Lipinski definition) is 20. The highest BCUT2D eigenvalue weighted by molar-refractivity contribution is 8.07. The summed E-state index contributed by atoms with van der Waals surface area (Å²) in [5.41, 5.74) is 6.07. The van der Waals surface area contributed by atoms with E-state index in [0.29, 0.717) is 0 Å². The molecule has 0 saturated carbocycles. The number of imidazole rings is 2. The Morgan fingerprint density at radius 1 is 0.922 bits per heavy atom. The lowest BCUT2D eigenvalue weighted by atomic mass is 10.1. The van der Waals surface area contributed by atoms with Gasteiger partial charge in [-0.2, -0.15) is 0 Å². The van der Waals surface area contributed by atoms with E-state index in [-0.39, 0.29) is 72.4 Å². The SMILES string of the molecule is CC(CC(=O)NCCC(=O)N(C)CCOC(=O)Nc1ncnc2c1ncn2[C@@H]1O[C@@H]2COP(O)(=S)O[C@H]3[C@@H](F)[C@H](n4cnc5c(N)ncnc54)O[C@@H]3COP(O)(=S)O[C@H]2[C@H]1F)C(=O)O. The van der Waals surface area contributed by atoms with Crippen LogP contribution in [0.15, 0.2) is 25.3 Å². The number of carboxylic acids is 1. The van der Waals surface area contributed by atoms with E-state index in [2.05, 4.69) is 40.5 Å². The molecule has 3 aliphatic rings. The summed E-state index contributed by atoms with van der Waals surface area (Å²) in [6, 6.07) is 0. The monoisotopic (exact) mass is 980 g/mol. The predicted octanol–water partition coefficient (Wildman–Crippen LogP) is 0.594. The summed E-state index contributed by atoms with van der Waals surface area (Å²) in [7, 11) is 1.45. The fourth-order valence-electron chi connectivity index (χ4n) is 6.72. The number of aromatic nitrogens is 8. The minimum absolute atomic E-state index is 0.0244. The number of anilines is 2. The minimum atomic E-state index is -4.39. The van der Waals surface area contributed by atoms with E-state index in [9.17, 15) is 29.0 Å². The van der Waals surface area contributed by atoms with Gasteiger partial charge in [0.2, 0.25) is 11.8 Å². The lowest BCUT2D eigenvalue weighted by Gasteiger charge is -2.29. The van der Waals surface area contributed by atoms with Gasteiger partial charge in [0.25, 0.3) is 0 Å². The number of fused-ring (bicyclic) bond motifs is 4. The van der Waals surface area contributed by atoms with E-state index in [1.165, 1.54) is 29.8 Å². The van der Waals surface area contributed by atoms with Crippen LogP contribution in [-0.4, -0.2) is 159 Å². The van der Waals surface area contributed by atoms with Gasteiger partial charge in [0, 0.05) is 26.4 Å². The van der Waals surface area contributed by atoms with Gasteiger partial charge in [-0.1, -0.05) is 6.92 Å². The number of aliphatic carboxylic acids is 1. The van der Waals surface area contributed by atoms with E-state index in [1.54, 1.807) is 0 Å². The highest BCUT2D eigenvalue weighted by atomic mass is 32.5. The zero-order valence-electron chi connectivity index (χ0n) is 33.4. The zero-order valence-corrected chi connectivity index (χ0v) is 36.8. The van der Waals surface area contributed by atoms with Gasteiger partial charge in [-0.05, 0) is 23.6 Å². The molecule has 4 aromatic rings. The second-order valence-corrected chi connectivity index (χ2v) is 20.0. The molecule has 7 heterocycles. The van der Waals surface area contributed by atoms with Crippen molar-refractivity contribution in [1.82, 2.24) is 49.3 Å². The second-order valence-electron chi connectivity index (χ2n) is 14.4. The quantitative estimate of drug-likeness (QED) is 0.106. The summed E-state index contributed by atoms with van der Waals surface area (Å²) in [6.45, 7) is -9.06. The molecule has 11 atom stereocenters. The van der Waals surface area contributed by atoms with Gasteiger partial charge in [0.15, 0.2) is 53.2 Å². The number of halogens is 2. The number of alkyl halides is 2. The van der Waals surface area contributed by atoms with Crippen LogP contribution in [-0.2, 0) is 70.3 Å². The first-order chi connectivity index (χ1) is 30.3. The number of carbonyl (C=O) groups excluding carboxylic acids is 3. The summed E-state index contributed by atoms with van der Waals surface area (Å²) in [5, 5.41) is 13.8. The molecule has 3 aliphatic heterocycles. The Labute approximate surface area is 369 Å². The maximum Gasteiger partial charge on any atom is 0.412 e. The Bertz CT molecular complexity index is 2510. The standard InChI is InChI=1S/C32H40F2N12O14P2S2/c1-14(31(49)50)7-17(47)36-4-3-18(48)44(2)5-6-54-32(51)43-26-22-28(40-11-38-26)46(13-42-22)30-20(34)24-16(58-30)9-56-61(52,63)59-23-15(8-55-62(53,64)60-24)57-29(19(23)33)45-12-41-21-25(35)37-10-39-27(21)45/h10-16,19-20,23-24,29-30H,3-9H2,1-2H3,(H,36,47)(H,49,50)(H,52,63)(H,53,64)(H2,35,37,39)(H,38,40,43,51)/t14?,15-,16-,19-,20-,23-,24-,29-,30-,61?,62?/m1/s1. The average molecular weight is 981 g/mol. The lowest BCUT2D eigenvalue weighted by molar-refractivity contribution is -0.143. The van der Waals surface area contributed by atoms with Crippen LogP contribution in [0.1, 0.15) is 32.2 Å². The maximum atomic E-state index is 16.5. The Morgan fingerprint density at radius 2 is 1.47 bits per heavy atom. The molecule has 3 saturated heterocycles. The van der Waals surface area contributed by atoms with Gasteiger partial charge in [0.1, 0.15) is 49.2 Å². The average Bonchev–Trinajstić information content (AvgIpc) is 4.00. The number of carbonyl (C=O) groups is 4. The summed E-state index contributed by atoms with van der Waals surface area (Å²) < 4.78 is 74.4. The third-order valence-electron chi connectivity index (χ3n) is 10.0. The van der Waals surface area contributed by atoms with Crippen molar-refractivity contribution in [3.8, 4) is 0 Å². The number of rotatable bonds is 12. The molecule has 0 aromatic carbocycles. The van der Waals surface area contributed by atoms with Gasteiger partial charge in [0.05, 0.1) is 38.3 Å². The number of hydrogen-bond donors (Lipinski definition) is 6. The third kappa shape index (κ3) is 10.6. The fourth-order valence-corrected chi connectivity index (χ4v) is 9.59. The molecule has 4 aromatic heterocycles. The zero-order chi connectivity index (χ0) is 46.1. The van der Waals surface area contributed by atoms with Crippen molar-refractivity contribution in [2.75, 3.05) is 51.0 Å². The van der Waals surface area contributed by atoms with Gasteiger partial charge >= 0.3 is 25.5 Å². The van der Waals surface area contributed by atoms with Crippen molar-refractivity contribution in [2.24, 2.45) is 5.92 Å².